The van der Waals surface area contributed by atoms with Crippen LogP contribution in [-0.2, 0) is 16.1 Å². The van der Waals surface area contributed by atoms with E-state index in [0.717, 1.165) is 22.6 Å². The van der Waals surface area contributed by atoms with Crippen LogP contribution in [0.2, 0.25) is 0 Å². The van der Waals surface area contributed by atoms with Crippen LogP contribution in [-0.4, -0.2) is 66.0 Å². The Hall–Kier alpha value is -3.42. The zero-order chi connectivity index (χ0) is 24.6. The van der Waals surface area contributed by atoms with Gasteiger partial charge in [-0.3, -0.25) is 9.69 Å². The average Bonchev–Trinajstić information content (AvgIpc) is 2.95. The highest BCUT2D eigenvalue weighted by Gasteiger charge is 2.55. The fourth-order valence-corrected chi connectivity index (χ4v) is 5.67. The molecule has 1 unspecified atom stereocenters. The number of piperidine rings is 1. The number of likely N-dealkylation sites (tertiary alicyclic amines) is 1. The molecule has 0 aliphatic carbocycles. The topological polar surface area (TPSA) is 71.5 Å². The highest BCUT2D eigenvalue weighted by Crippen LogP contribution is 2.49. The minimum atomic E-state index is -0.461. The van der Waals surface area contributed by atoms with Gasteiger partial charge in [0, 0.05) is 42.9 Å². The maximum Gasteiger partial charge on any atom is 0.325 e. The highest BCUT2D eigenvalue weighted by atomic mass is 16.5. The molecular formula is C26H33N3O5. The van der Waals surface area contributed by atoms with Crippen LogP contribution in [0.25, 0.3) is 0 Å². The number of carbonyl (C=O) groups is 2. The summed E-state index contributed by atoms with van der Waals surface area (Å²) < 4.78 is 16.3. The molecule has 3 amide bonds. The smallest absolute Gasteiger partial charge is 0.325 e. The number of carbonyl (C=O) groups excluding carboxylic acids is 2. The molecule has 0 N–H and O–H groups in total. The summed E-state index contributed by atoms with van der Waals surface area (Å²) in [5.41, 5.74) is 2.64. The van der Waals surface area contributed by atoms with Gasteiger partial charge >= 0.3 is 6.03 Å². The minimum Gasteiger partial charge on any atom is -0.497 e. The molecule has 3 heterocycles. The Morgan fingerprint density at radius 2 is 1.94 bits per heavy atom. The van der Waals surface area contributed by atoms with E-state index in [1.165, 1.54) is 6.26 Å². The van der Waals surface area contributed by atoms with Crippen molar-refractivity contribution in [2.75, 3.05) is 33.9 Å². The standard InChI is InChI=1S/C26H33N3O5/c1-7-29-25(31)28-16-19-14-20(32-5)15-21(33-6)23(19)17(3)13-22(28)26(29)9-11-27(12-10-26)24(30)18(4)34-8-2/h8,13-15,17H,2,4,7,9-12,16H2,1,3,5-6H3. The van der Waals surface area contributed by atoms with Crippen LogP contribution in [0.15, 0.2) is 49.1 Å². The summed E-state index contributed by atoms with van der Waals surface area (Å²) in [7, 11) is 3.28. The van der Waals surface area contributed by atoms with Gasteiger partial charge in [0.15, 0.2) is 5.76 Å². The van der Waals surface area contributed by atoms with Crippen molar-refractivity contribution in [3.05, 3.63) is 60.2 Å². The monoisotopic (exact) mass is 467 g/mol. The van der Waals surface area contributed by atoms with E-state index in [-0.39, 0.29) is 23.6 Å². The second kappa shape index (κ2) is 9.08. The van der Waals surface area contributed by atoms with Crippen molar-refractivity contribution in [3.8, 4) is 11.5 Å². The van der Waals surface area contributed by atoms with E-state index < -0.39 is 5.54 Å². The molecule has 3 aliphatic rings. The van der Waals surface area contributed by atoms with Gasteiger partial charge in [0.1, 0.15) is 11.5 Å². The van der Waals surface area contributed by atoms with Gasteiger partial charge in [0.25, 0.3) is 5.91 Å². The first-order valence-corrected chi connectivity index (χ1v) is 11.6. The first kappa shape index (κ1) is 23.7. The lowest BCUT2D eigenvalue weighted by molar-refractivity contribution is -0.131. The van der Waals surface area contributed by atoms with Crippen LogP contribution in [0.5, 0.6) is 11.5 Å². The number of benzene rings is 1. The Morgan fingerprint density at radius 1 is 1.24 bits per heavy atom. The molecule has 1 aromatic rings. The van der Waals surface area contributed by atoms with Crippen LogP contribution in [0.4, 0.5) is 4.79 Å². The fraction of sp³-hybridized carbons (Fsp3) is 0.462. The molecule has 2 saturated heterocycles. The van der Waals surface area contributed by atoms with E-state index in [2.05, 4.69) is 26.2 Å². The zero-order valence-electron chi connectivity index (χ0n) is 20.4. The van der Waals surface area contributed by atoms with Gasteiger partial charge in [-0.05, 0) is 31.4 Å². The van der Waals surface area contributed by atoms with Crippen molar-refractivity contribution >= 4 is 11.9 Å². The lowest BCUT2D eigenvalue weighted by Crippen LogP contribution is -2.54. The van der Waals surface area contributed by atoms with Crippen molar-refractivity contribution in [1.82, 2.24) is 14.7 Å². The molecule has 1 spiro atoms. The van der Waals surface area contributed by atoms with Gasteiger partial charge in [-0.1, -0.05) is 26.2 Å². The minimum absolute atomic E-state index is 0.00485. The molecule has 0 bridgehead atoms. The average molecular weight is 468 g/mol. The van der Waals surface area contributed by atoms with E-state index in [1.807, 2.05) is 28.9 Å². The summed E-state index contributed by atoms with van der Waals surface area (Å²) >= 11 is 0. The molecule has 0 saturated carbocycles. The molecule has 0 aromatic heterocycles. The van der Waals surface area contributed by atoms with Gasteiger partial charge in [-0.25, -0.2) is 4.79 Å². The van der Waals surface area contributed by atoms with Gasteiger partial charge in [0.2, 0.25) is 0 Å². The molecule has 0 radical (unpaired) electrons. The number of hydrogen-bond donors (Lipinski definition) is 0. The van der Waals surface area contributed by atoms with E-state index >= 15 is 0 Å². The molecular weight excluding hydrogens is 434 g/mol. The van der Waals surface area contributed by atoms with E-state index in [1.54, 1.807) is 19.1 Å². The largest absolute Gasteiger partial charge is 0.497 e. The second-order valence-electron chi connectivity index (χ2n) is 8.89. The number of methoxy groups -OCH3 is 2. The molecule has 3 aliphatic heterocycles. The van der Waals surface area contributed by atoms with Crippen molar-refractivity contribution in [2.24, 2.45) is 0 Å². The molecule has 8 heteroatoms. The van der Waals surface area contributed by atoms with E-state index in [0.29, 0.717) is 44.8 Å². The van der Waals surface area contributed by atoms with Gasteiger partial charge in [0.05, 0.1) is 32.6 Å². The number of rotatable bonds is 6. The first-order valence-electron chi connectivity index (χ1n) is 11.6. The number of ether oxygens (including phenoxy) is 3. The lowest BCUT2D eigenvalue weighted by Gasteiger charge is -2.44. The number of amides is 3. The van der Waals surface area contributed by atoms with Crippen molar-refractivity contribution in [3.63, 3.8) is 0 Å². The molecule has 2 fully saturated rings. The third-order valence-electron chi connectivity index (χ3n) is 7.25. The number of likely N-dealkylation sites (N-methyl/N-ethyl adjacent to an activating group) is 1. The third kappa shape index (κ3) is 3.61. The Bertz CT molecular complexity index is 1050. The maximum absolute atomic E-state index is 13.7. The van der Waals surface area contributed by atoms with E-state index in [9.17, 15) is 9.59 Å². The highest BCUT2D eigenvalue weighted by molar-refractivity contribution is 5.91. The fourth-order valence-electron chi connectivity index (χ4n) is 5.67. The SMILES string of the molecule is C=COC(=C)C(=O)N1CCC2(CC1)C1=CC(C)c3c(cc(OC)cc3OC)CN1C(=O)N2CC. The molecule has 34 heavy (non-hydrogen) atoms. The quantitative estimate of drug-likeness (QED) is 0.467. The molecule has 8 nitrogen and oxygen atoms in total. The second-order valence-corrected chi connectivity index (χ2v) is 8.89. The summed E-state index contributed by atoms with van der Waals surface area (Å²) in [6, 6.07) is 3.88. The molecule has 4 rings (SSSR count). The number of nitrogens with zero attached hydrogens (tertiary/aromatic N) is 3. The maximum atomic E-state index is 13.7. The predicted octanol–water partition coefficient (Wildman–Crippen LogP) is 4.00. The Kier molecular flexibility index (Phi) is 6.34. The molecule has 1 atom stereocenters. The Morgan fingerprint density at radius 3 is 2.53 bits per heavy atom. The molecule has 1 aromatic carbocycles. The normalized spacial score (nSPS) is 20.8. The number of hydrogen-bond acceptors (Lipinski definition) is 5. The summed E-state index contributed by atoms with van der Waals surface area (Å²) in [6.07, 6.45) is 4.69. The van der Waals surface area contributed by atoms with Gasteiger partial charge in [-0.15, -0.1) is 0 Å². The Labute approximate surface area is 201 Å². The summed E-state index contributed by atoms with van der Waals surface area (Å²) in [4.78, 5) is 31.9. The summed E-state index contributed by atoms with van der Waals surface area (Å²) in [6.45, 7) is 13.4. The Balaban J connectivity index is 1.70. The summed E-state index contributed by atoms with van der Waals surface area (Å²) in [5, 5.41) is 0. The predicted molar refractivity (Wildman–Crippen MR) is 128 cm³/mol. The third-order valence-corrected chi connectivity index (χ3v) is 7.25. The number of fused-ring (bicyclic) bond motifs is 3. The lowest BCUT2D eigenvalue weighted by atomic mass is 9.82. The van der Waals surface area contributed by atoms with Crippen LogP contribution in [0.1, 0.15) is 43.7 Å². The van der Waals surface area contributed by atoms with E-state index in [4.69, 9.17) is 14.2 Å². The number of urea groups is 1. The molecule has 182 valence electrons. The number of allylic oxidation sites excluding steroid dienone is 1. The van der Waals surface area contributed by atoms with Crippen molar-refractivity contribution < 1.29 is 23.8 Å². The summed E-state index contributed by atoms with van der Waals surface area (Å²) in [5.74, 6) is 1.31. The van der Waals surface area contributed by atoms with Crippen molar-refractivity contribution in [1.29, 1.82) is 0 Å². The van der Waals surface area contributed by atoms with Crippen LogP contribution < -0.4 is 9.47 Å². The van der Waals surface area contributed by atoms with Gasteiger partial charge in [-0.2, -0.15) is 0 Å². The van der Waals surface area contributed by atoms with Gasteiger partial charge < -0.3 is 24.0 Å². The van der Waals surface area contributed by atoms with Crippen LogP contribution in [0.3, 0.4) is 0 Å². The van der Waals surface area contributed by atoms with Crippen LogP contribution >= 0.6 is 0 Å². The van der Waals surface area contributed by atoms with Crippen molar-refractivity contribution in [2.45, 2.75) is 44.7 Å². The van der Waals surface area contributed by atoms with Crippen LogP contribution in [0, 0.1) is 0 Å². The first-order chi connectivity index (χ1) is 16.3. The zero-order valence-corrected chi connectivity index (χ0v) is 20.4.